The van der Waals surface area contributed by atoms with Crippen molar-refractivity contribution in [3.8, 4) is 0 Å². The third-order valence-corrected chi connectivity index (χ3v) is 3.20. The van der Waals surface area contributed by atoms with Crippen LogP contribution >= 0.6 is 0 Å². The highest BCUT2D eigenvalue weighted by molar-refractivity contribution is 4.74. The normalized spacial score (nSPS) is 12.8. The highest BCUT2D eigenvalue weighted by Gasteiger charge is 2.21. The molecule has 0 saturated carbocycles. The Labute approximate surface area is 95.7 Å². The van der Waals surface area contributed by atoms with Gasteiger partial charge >= 0.3 is 0 Å². The molecule has 0 fully saturated rings. The van der Waals surface area contributed by atoms with Crippen LogP contribution in [0.25, 0.3) is 0 Å². The smallest absolute Gasteiger partial charge is 0.0494 e. The Morgan fingerprint density at radius 3 is 2.00 bits per heavy atom. The molecular weight excluding hydrogens is 186 g/mol. The fraction of sp³-hybridized carbons (Fsp3) is 1.00. The van der Waals surface area contributed by atoms with Crippen molar-refractivity contribution < 1.29 is 5.11 Å². The van der Waals surface area contributed by atoms with Gasteiger partial charge in [0.2, 0.25) is 0 Å². The molecule has 92 valence electrons. The molecule has 0 spiro atoms. The lowest BCUT2D eigenvalue weighted by molar-refractivity contribution is 0.0956. The van der Waals surface area contributed by atoms with E-state index in [4.69, 9.17) is 0 Å². The van der Waals surface area contributed by atoms with E-state index in [1.165, 1.54) is 19.4 Å². The van der Waals surface area contributed by atoms with Gasteiger partial charge in [0.1, 0.15) is 0 Å². The van der Waals surface area contributed by atoms with E-state index in [2.05, 4.69) is 39.5 Å². The van der Waals surface area contributed by atoms with Crippen molar-refractivity contribution in [2.24, 2.45) is 11.3 Å². The molecule has 2 nitrogen and oxygen atoms in total. The monoisotopic (exact) mass is 215 g/mol. The average Bonchev–Trinajstić information content (AvgIpc) is 2.24. The van der Waals surface area contributed by atoms with Crippen LogP contribution in [-0.2, 0) is 0 Å². The van der Waals surface area contributed by atoms with Gasteiger partial charge < -0.3 is 10.0 Å². The second-order valence-corrected chi connectivity index (χ2v) is 5.33. The molecule has 0 rings (SSSR count). The van der Waals surface area contributed by atoms with Crippen molar-refractivity contribution in [3.05, 3.63) is 0 Å². The molecule has 0 amide bonds. The topological polar surface area (TPSA) is 23.5 Å². The summed E-state index contributed by atoms with van der Waals surface area (Å²) in [5, 5.41) is 9.26. The van der Waals surface area contributed by atoms with E-state index >= 15 is 0 Å². The molecule has 0 aliphatic heterocycles. The van der Waals surface area contributed by atoms with E-state index in [1.54, 1.807) is 0 Å². The molecule has 0 aliphatic carbocycles. The minimum Gasteiger partial charge on any atom is -0.396 e. The molecular formula is C13H29NO. The van der Waals surface area contributed by atoms with Crippen molar-refractivity contribution in [2.45, 2.75) is 47.5 Å². The summed E-state index contributed by atoms with van der Waals surface area (Å²) in [6.07, 6.45) is 2.51. The van der Waals surface area contributed by atoms with Gasteiger partial charge in [-0.25, -0.2) is 0 Å². The summed E-state index contributed by atoms with van der Waals surface area (Å²) >= 11 is 0. The molecule has 0 radical (unpaired) electrons. The quantitative estimate of drug-likeness (QED) is 0.673. The first-order chi connectivity index (χ1) is 6.99. The summed E-state index contributed by atoms with van der Waals surface area (Å²) in [6.45, 7) is 14.5. The van der Waals surface area contributed by atoms with Crippen LogP contribution < -0.4 is 0 Å². The zero-order valence-corrected chi connectivity index (χ0v) is 11.2. The summed E-state index contributed by atoms with van der Waals surface area (Å²) in [4.78, 5) is 2.47. The van der Waals surface area contributed by atoms with Gasteiger partial charge in [-0.1, -0.05) is 47.5 Å². The third-order valence-electron chi connectivity index (χ3n) is 3.20. The van der Waals surface area contributed by atoms with E-state index in [-0.39, 0.29) is 12.0 Å². The molecule has 15 heavy (non-hydrogen) atoms. The first-order valence-corrected chi connectivity index (χ1v) is 6.32. The van der Waals surface area contributed by atoms with Gasteiger partial charge in [-0.2, -0.15) is 0 Å². The van der Waals surface area contributed by atoms with Crippen LogP contribution in [0.15, 0.2) is 0 Å². The molecule has 0 bridgehead atoms. The van der Waals surface area contributed by atoms with Gasteiger partial charge in [0.15, 0.2) is 0 Å². The number of rotatable bonds is 8. The van der Waals surface area contributed by atoms with E-state index in [0.29, 0.717) is 0 Å². The van der Waals surface area contributed by atoms with Gasteiger partial charge in [-0.05, 0) is 12.5 Å². The number of aliphatic hydroxyl groups excluding tert-OH is 1. The zero-order chi connectivity index (χ0) is 11.9. The second kappa shape index (κ2) is 7.24. The van der Waals surface area contributed by atoms with Crippen molar-refractivity contribution in [1.29, 1.82) is 0 Å². The number of aliphatic hydroxyl groups is 1. The Balaban J connectivity index is 4.13. The summed E-state index contributed by atoms with van der Waals surface area (Å²) < 4.78 is 0. The van der Waals surface area contributed by atoms with E-state index in [9.17, 15) is 5.11 Å². The van der Waals surface area contributed by atoms with Crippen molar-refractivity contribution in [2.75, 3.05) is 26.2 Å². The second-order valence-electron chi connectivity index (χ2n) is 5.33. The molecule has 0 aromatic carbocycles. The van der Waals surface area contributed by atoms with Gasteiger partial charge in [0.25, 0.3) is 0 Å². The maximum absolute atomic E-state index is 9.26. The molecule has 2 heteroatoms. The molecule has 0 atom stereocenters. The zero-order valence-electron chi connectivity index (χ0n) is 11.2. The Kier molecular flexibility index (Phi) is 7.20. The lowest BCUT2D eigenvalue weighted by atomic mass is 9.93. The third kappa shape index (κ3) is 6.16. The predicted octanol–water partition coefficient (Wildman–Crippen LogP) is 2.76. The minimum absolute atomic E-state index is 0.0298. The lowest BCUT2D eigenvalue weighted by Crippen LogP contribution is -2.38. The van der Waals surface area contributed by atoms with Crippen LogP contribution in [0.2, 0.25) is 0 Å². The Morgan fingerprint density at radius 1 is 1.13 bits per heavy atom. The summed E-state index contributed by atoms with van der Waals surface area (Å²) in [5.41, 5.74) is 0.0298. The van der Waals surface area contributed by atoms with E-state index in [1.807, 2.05) is 0 Å². The molecule has 0 unspecified atom stereocenters. The molecule has 0 aromatic heterocycles. The summed E-state index contributed by atoms with van der Waals surface area (Å²) in [6, 6.07) is 0. The van der Waals surface area contributed by atoms with Crippen molar-refractivity contribution in [3.63, 3.8) is 0 Å². The molecule has 0 heterocycles. The number of hydrogen-bond acceptors (Lipinski definition) is 2. The molecule has 0 aromatic rings. The Morgan fingerprint density at radius 2 is 1.67 bits per heavy atom. The molecule has 0 saturated heterocycles. The Bertz CT molecular complexity index is 153. The summed E-state index contributed by atoms with van der Waals surface area (Å²) in [5.74, 6) is 0.805. The summed E-state index contributed by atoms with van der Waals surface area (Å²) in [7, 11) is 0. The van der Waals surface area contributed by atoms with Crippen molar-refractivity contribution >= 4 is 0 Å². The van der Waals surface area contributed by atoms with Crippen molar-refractivity contribution in [1.82, 2.24) is 4.90 Å². The SMILES string of the molecule is CCC(CC)CN(CC)CC(C)(C)CO. The first-order valence-electron chi connectivity index (χ1n) is 6.32. The number of hydrogen-bond donors (Lipinski definition) is 1. The highest BCUT2D eigenvalue weighted by Crippen LogP contribution is 2.18. The fourth-order valence-electron chi connectivity index (χ4n) is 1.87. The van der Waals surface area contributed by atoms with Crippen LogP contribution in [0, 0.1) is 11.3 Å². The van der Waals surface area contributed by atoms with Gasteiger partial charge in [-0.3, -0.25) is 0 Å². The highest BCUT2D eigenvalue weighted by atomic mass is 16.3. The predicted molar refractivity (Wildman–Crippen MR) is 67.1 cm³/mol. The fourth-order valence-corrected chi connectivity index (χ4v) is 1.87. The van der Waals surface area contributed by atoms with E-state index in [0.717, 1.165) is 19.0 Å². The Hall–Kier alpha value is -0.0800. The number of nitrogens with zero attached hydrogens (tertiary/aromatic N) is 1. The lowest BCUT2D eigenvalue weighted by Gasteiger charge is -2.32. The molecule has 0 aliphatic rings. The largest absolute Gasteiger partial charge is 0.396 e. The van der Waals surface area contributed by atoms with Crippen LogP contribution in [0.1, 0.15) is 47.5 Å². The maximum Gasteiger partial charge on any atom is 0.0494 e. The van der Waals surface area contributed by atoms with Gasteiger partial charge in [0, 0.05) is 25.1 Å². The van der Waals surface area contributed by atoms with E-state index < -0.39 is 0 Å². The minimum atomic E-state index is 0.0298. The first kappa shape index (κ1) is 14.9. The van der Waals surface area contributed by atoms with Crippen LogP contribution in [0.3, 0.4) is 0 Å². The van der Waals surface area contributed by atoms with Crippen LogP contribution in [0.4, 0.5) is 0 Å². The standard InChI is InChI=1S/C13H29NO/c1-6-12(7-2)9-14(8-3)10-13(4,5)11-15/h12,15H,6-11H2,1-5H3. The van der Waals surface area contributed by atoms with Crippen LogP contribution in [-0.4, -0.2) is 36.2 Å². The van der Waals surface area contributed by atoms with Gasteiger partial charge in [0.05, 0.1) is 0 Å². The molecule has 1 N–H and O–H groups in total. The van der Waals surface area contributed by atoms with Gasteiger partial charge in [-0.15, -0.1) is 0 Å². The van der Waals surface area contributed by atoms with Crippen LogP contribution in [0.5, 0.6) is 0 Å². The maximum atomic E-state index is 9.26. The average molecular weight is 215 g/mol.